The summed E-state index contributed by atoms with van der Waals surface area (Å²) in [6.07, 6.45) is 1.03. The molecule has 3 heteroatoms. The maximum atomic E-state index is 5.75. The van der Waals surface area contributed by atoms with E-state index in [1.54, 1.807) is 0 Å². The van der Waals surface area contributed by atoms with E-state index in [2.05, 4.69) is 55.7 Å². The van der Waals surface area contributed by atoms with E-state index >= 15 is 0 Å². The largest absolute Gasteiger partial charge is 0.494 e. The fourth-order valence-electron chi connectivity index (χ4n) is 2.25. The van der Waals surface area contributed by atoms with E-state index in [1.807, 2.05) is 17.4 Å². The van der Waals surface area contributed by atoms with Gasteiger partial charge in [0.25, 0.3) is 0 Å². The second-order valence-corrected chi connectivity index (χ2v) is 5.83. The third kappa shape index (κ3) is 3.62. The number of thiophene rings is 1. The van der Waals surface area contributed by atoms with Crippen molar-refractivity contribution in [3.63, 3.8) is 0 Å². The van der Waals surface area contributed by atoms with Crippen LogP contribution in [0.3, 0.4) is 0 Å². The van der Waals surface area contributed by atoms with Gasteiger partial charge in [-0.1, -0.05) is 26.0 Å². The van der Waals surface area contributed by atoms with E-state index in [-0.39, 0.29) is 6.04 Å². The number of hydrogen-bond acceptors (Lipinski definition) is 3. The summed E-state index contributed by atoms with van der Waals surface area (Å²) in [4.78, 5) is 1.39. The summed E-state index contributed by atoms with van der Waals surface area (Å²) >= 11 is 1.81. The minimum absolute atomic E-state index is 0.255. The van der Waals surface area contributed by atoms with Gasteiger partial charge in [0.2, 0.25) is 0 Å². The number of nitrogens with one attached hydrogen (secondary N) is 1. The topological polar surface area (TPSA) is 21.3 Å². The molecule has 0 aliphatic rings. The molecule has 2 rings (SSSR count). The lowest BCUT2D eigenvalue weighted by Crippen LogP contribution is -2.21. The van der Waals surface area contributed by atoms with E-state index in [1.165, 1.54) is 16.0 Å². The molecule has 1 atom stereocenters. The zero-order chi connectivity index (χ0) is 14.4. The van der Waals surface area contributed by atoms with Gasteiger partial charge in [0.15, 0.2) is 0 Å². The van der Waals surface area contributed by atoms with Gasteiger partial charge in [-0.15, -0.1) is 11.3 Å². The molecule has 0 aliphatic carbocycles. The highest BCUT2D eigenvalue weighted by Gasteiger charge is 2.16. The van der Waals surface area contributed by atoms with Crippen LogP contribution < -0.4 is 10.1 Å². The highest BCUT2D eigenvalue weighted by Crippen LogP contribution is 2.31. The highest BCUT2D eigenvalue weighted by atomic mass is 32.1. The number of aryl methyl sites for hydroxylation is 1. The van der Waals surface area contributed by atoms with Gasteiger partial charge in [-0.3, -0.25) is 0 Å². The third-order valence-electron chi connectivity index (χ3n) is 3.24. The Kier molecular flexibility index (Phi) is 5.62. The standard InChI is InChI=1S/C17H23NOS/c1-4-10-19-15-8-6-7-14(12-15)16(18-5-2)17-13(3)9-11-20-17/h6-9,11-12,16,18H,4-5,10H2,1-3H3. The van der Waals surface area contributed by atoms with Gasteiger partial charge in [-0.05, 0) is 54.6 Å². The normalized spacial score (nSPS) is 12.3. The number of hydrogen-bond donors (Lipinski definition) is 1. The van der Waals surface area contributed by atoms with Crippen LogP contribution in [0, 0.1) is 6.92 Å². The molecule has 1 unspecified atom stereocenters. The summed E-state index contributed by atoms with van der Waals surface area (Å²) in [5, 5.41) is 5.74. The quantitative estimate of drug-likeness (QED) is 0.807. The molecule has 2 aromatic rings. The highest BCUT2D eigenvalue weighted by molar-refractivity contribution is 7.10. The van der Waals surface area contributed by atoms with Crippen molar-refractivity contribution < 1.29 is 4.74 Å². The fraction of sp³-hybridized carbons (Fsp3) is 0.412. The van der Waals surface area contributed by atoms with Gasteiger partial charge in [0, 0.05) is 4.88 Å². The van der Waals surface area contributed by atoms with Crippen molar-refractivity contribution in [1.29, 1.82) is 0 Å². The lowest BCUT2D eigenvalue weighted by atomic mass is 10.0. The second kappa shape index (κ2) is 7.46. The fourth-order valence-corrected chi connectivity index (χ4v) is 3.28. The van der Waals surface area contributed by atoms with Gasteiger partial charge in [-0.2, -0.15) is 0 Å². The molecule has 1 heterocycles. The van der Waals surface area contributed by atoms with E-state index in [9.17, 15) is 0 Å². The molecule has 0 spiro atoms. The van der Waals surface area contributed by atoms with Crippen molar-refractivity contribution >= 4 is 11.3 Å². The first-order valence-electron chi connectivity index (χ1n) is 7.26. The molecule has 0 amide bonds. The predicted octanol–water partition coefficient (Wildman–Crippen LogP) is 4.54. The van der Waals surface area contributed by atoms with Crippen LogP contribution in [0.25, 0.3) is 0 Å². The monoisotopic (exact) mass is 289 g/mol. The van der Waals surface area contributed by atoms with Crippen molar-refractivity contribution in [2.24, 2.45) is 0 Å². The first-order chi connectivity index (χ1) is 9.76. The summed E-state index contributed by atoms with van der Waals surface area (Å²) in [5.41, 5.74) is 2.62. The molecule has 0 radical (unpaired) electrons. The van der Waals surface area contributed by atoms with Crippen LogP contribution in [0.2, 0.25) is 0 Å². The van der Waals surface area contributed by atoms with Crippen LogP contribution in [0.5, 0.6) is 5.75 Å². The molecule has 0 aliphatic heterocycles. The molecule has 1 aromatic heterocycles. The van der Waals surface area contributed by atoms with E-state index in [0.29, 0.717) is 0 Å². The van der Waals surface area contributed by atoms with Gasteiger partial charge < -0.3 is 10.1 Å². The Hall–Kier alpha value is -1.32. The first kappa shape index (κ1) is 15.1. The molecule has 2 nitrogen and oxygen atoms in total. The zero-order valence-corrected chi connectivity index (χ0v) is 13.3. The number of benzene rings is 1. The van der Waals surface area contributed by atoms with Crippen LogP contribution in [0.4, 0.5) is 0 Å². The Labute approximate surface area is 125 Å². The van der Waals surface area contributed by atoms with Crippen molar-refractivity contribution in [1.82, 2.24) is 5.32 Å². The molecule has 0 saturated heterocycles. The summed E-state index contributed by atoms with van der Waals surface area (Å²) in [6, 6.07) is 10.9. The summed E-state index contributed by atoms with van der Waals surface area (Å²) < 4.78 is 5.75. The van der Waals surface area contributed by atoms with Crippen LogP contribution in [-0.4, -0.2) is 13.2 Å². The maximum Gasteiger partial charge on any atom is 0.119 e. The van der Waals surface area contributed by atoms with E-state index in [4.69, 9.17) is 4.74 Å². The lowest BCUT2D eigenvalue weighted by Gasteiger charge is -2.19. The average Bonchev–Trinajstić information content (AvgIpc) is 2.89. The van der Waals surface area contributed by atoms with Crippen LogP contribution in [0.1, 0.15) is 42.3 Å². The van der Waals surface area contributed by atoms with Crippen molar-refractivity contribution in [2.75, 3.05) is 13.2 Å². The minimum Gasteiger partial charge on any atom is -0.494 e. The summed E-state index contributed by atoms with van der Waals surface area (Å²) in [6.45, 7) is 8.16. The Morgan fingerprint density at radius 2 is 2.10 bits per heavy atom. The Morgan fingerprint density at radius 3 is 2.75 bits per heavy atom. The molecular weight excluding hydrogens is 266 g/mol. The van der Waals surface area contributed by atoms with E-state index < -0.39 is 0 Å². The molecule has 0 saturated carbocycles. The van der Waals surface area contributed by atoms with Crippen molar-refractivity contribution in [3.8, 4) is 5.75 Å². The lowest BCUT2D eigenvalue weighted by molar-refractivity contribution is 0.317. The smallest absolute Gasteiger partial charge is 0.119 e. The van der Waals surface area contributed by atoms with Crippen LogP contribution in [0.15, 0.2) is 35.7 Å². The molecular formula is C17H23NOS. The molecule has 0 fully saturated rings. The molecule has 1 aromatic carbocycles. The summed E-state index contributed by atoms with van der Waals surface area (Å²) in [5.74, 6) is 0.960. The van der Waals surface area contributed by atoms with Crippen LogP contribution >= 0.6 is 11.3 Å². The molecule has 0 bridgehead atoms. The Balaban J connectivity index is 2.27. The predicted molar refractivity (Wildman–Crippen MR) is 86.8 cm³/mol. The van der Waals surface area contributed by atoms with Crippen LogP contribution in [-0.2, 0) is 0 Å². The van der Waals surface area contributed by atoms with Crippen molar-refractivity contribution in [2.45, 2.75) is 33.2 Å². The zero-order valence-electron chi connectivity index (χ0n) is 12.5. The maximum absolute atomic E-state index is 5.75. The Morgan fingerprint density at radius 1 is 1.25 bits per heavy atom. The van der Waals surface area contributed by atoms with E-state index in [0.717, 1.165) is 25.3 Å². The first-order valence-corrected chi connectivity index (χ1v) is 8.14. The van der Waals surface area contributed by atoms with Gasteiger partial charge in [0.1, 0.15) is 5.75 Å². The summed E-state index contributed by atoms with van der Waals surface area (Å²) in [7, 11) is 0. The third-order valence-corrected chi connectivity index (χ3v) is 4.32. The molecule has 1 N–H and O–H groups in total. The Bertz CT molecular complexity index is 535. The second-order valence-electron chi connectivity index (χ2n) is 4.88. The number of ether oxygens (including phenoxy) is 1. The van der Waals surface area contributed by atoms with Gasteiger partial charge >= 0.3 is 0 Å². The van der Waals surface area contributed by atoms with Crippen molar-refractivity contribution in [3.05, 3.63) is 51.7 Å². The van der Waals surface area contributed by atoms with Gasteiger partial charge in [0.05, 0.1) is 12.6 Å². The molecule has 20 heavy (non-hydrogen) atoms. The number of rotatable bonds is 7. The van der Waals surface area contributed by atoms with Gasteiger partial charge in [-0.25, -0.2) is 0 Å². The average molecular weight is 289 g/mol. The molecule has 108 valence electrons. The SMILES string of the molecule is CCCOc1cccc(C(NCC)c2sccc2C)c1. The minimum atomic E-state index is 0.255.